The first-order valence-corrected chi connectivity index (χ1v) is 4.02. The molecule has 1 aliphatic rings. The lowest BCUT2D eigenvalue weighted by molar-refractivity contribution is 0.536. The first-order valence-electron chi connectivity index (χ1n) is 4.02. The van der Waals surface area contributed by atoms with Gasteiger partial charge in [0.05, 0.1) is 0 Å². The largest absolute Gasteiger partial charge is 0.349 e. The van der Waals surface area contributed by atoms with Gasteiger partial charge in [0.1, 0.15) is 5.82 Å². The molecule has 0 unspecified atom stereocenters. The van der Waals surface area contributed by atoms with Gasteiger partial charge in [-0.2, -0.15) is 0 Å². The monoisotopic (exact) mass is 151 g/mol. The van der Waals surface area contributed by atoms with Crippen molar-refractivity contribution in [2.75, 3.05) is 7.05 Å². The average Bonchev–Trinajstić information content (AvgIpc) is 2.59. The van der Waals surface area contributed by atoms with Crippen LogP contribution in [0.3, 0.4) is 0 Å². The molecule has 2 rings (SSSR count). The number of nitrogens with zero attached hydrogens (tertiary/aromatic N) is 1. The number of hydrogen-bond donors (Lipinski definition) is 2. The minimum atomic E-state index is 0.373. The summed E-state index contributed by atoms with van der Waals surface area (Å²) >= 11 is 0. The highest BCUT2D eigenvalue weighted by Gasteiger charge is 2.41. The molecule has 0 aromatic carbocycles. The summed E-state index contributed by atoms with van der Waals surface area (Å²) in [7, 11) is 2.02. The molecule has 1 heterocycles. The van der Waals surface area contributed by atoms with Crippen LogP contribution in [0.4, 0.5) is 0 Å². The van der Waals surface area contributed by atoms with Gasteiger partial charge in [-0.15, -0.1) is 0 Å². The molecule has 1 saturated carbocycles. The smallest absolute Gasteiger partial charge is 0.107 e. The highest BCUT2D eigenvalue weighted by Crippen LogP contribution is 2.37. The second-order valence-electron chi connectivity index (χ2n) is 3.24. The van der Waals surface area contributed by atoms with Crippen molar-refractivity contribution in [1.82, 2.24) is 15.3 Å². The molecule has 0 radical (unpaired) electrons. The lowest BCUT2D eigenvalue weighted by Gasteiger charge is -2.10. The van der Waals surface area contributed by atoms with E-state index in [0.29, 0.717) is 5.54 Å². The zero-order valence-corrected chi connectivity index (χ0v) is 6.72. The molecule has 0 aliphatic heterocycles. The second kappa shape index (κ2) is 2.34. The molecule has 3 heteroatoms. The molecular formula is C8H13N3. The summed E-state index contributed by atoms with van der Waals surface area (Å²) in [6, 6.07) is 0. The fraction of sp³-hybridized carbons (Fsp3) is 0.625. The zero-order chi connectivity index (χ0) is 7.73. The fourth-order valence-electron chi connectivity index (χ4n) is 1.38. The predicted octanol–water partition coefficient (Wildman–Crippen LogP) is 0.704. The van der Waals surface area contributed by atoms with Crippen molar-refractivity contribution in [1.29, 1.82) is 0 Å². The molecule has 1 aromatic rings. The summed E-state index contributed by atoms with van der Waals surface area (Å²) in [6.45, 7) is 0. The first kappa shape index (κ1) is 6.85. The highest BCUT2D eigenvalue weighted by molar-refractivity contribution is 5.08. The van der Waals surface area contributed by atoms with Crippen LogP contribution in [-0.2, 0) is 6.42 Å². The van der Waals surface area contributed by atoms with Gasteiger partial charge in [0.2, 0.25) is 0 Å². The molecule has 0 saturated heterocycles. The molecule has 0 bridgehead atoms. The molecule has 0 amide bonds. The molecular weight excluding hydrogens is 138 g/mol. The van der Waals surface area contributed by atoms with Crippen molar-refractivity contribution in [3.8, 4) is 0 Å². The predicted molar refractivity (Wildman–Crippen MR) is 43.3 cm³/mol. The number of aromatic nitrogens is 2. The standard InChI is InChI=1S/C8H13N3/c1-9-8(2-3-8)6-7-10-4-5-11-7/h4-5,9H,2-3,6H2,1H3,(H,10,11). The lowest BCUT2D eigenvalue weighted by Crippen LogP contribution is -2.29. The van der Waals surface area contributed by atoms with Gasteiger partial charge in [-0.25, -0.2) is 4.98 Å². The molecule has 1 aliphatic carbocycles. The third-order valence-electron chi connectivity index (χ3n) is 2.44. The van der Waals surface area contributed by atoms with Crippen LogP contribution < -0.4 is 5.32 Å². The van der Waals surface area contributed by atoms with Gasteiger partial charge in [0.25, 0.3) is 0 Å². The third kappa shape index (κ3) is 1.28. The van der Waals surface area contributed by atoms with E-state index in [0.717, 1.165) is 12.2 Å². The Morgan fingerprint density at radius 1 is 1.73 bits per heavy atom. The molecule has 2 N–H and O–H groups in total. The number of nitrogens with one attached hydrogen (secondary N) is 2. The van der Waals surface area contributed by atoms with E-state index in [-0.39, 0.29) is 0 Å². The van der Waals surface area contributed by atoms with E-state index in [2.05, 4.69) is 15.3 Å². The summed E-state index contributed by atoms with van der Waals surface area (Å²) in [5.41, 5.74) is 0.373. The van der Waals surface area contributed by atoms with Crippen LogP contribution >= 0.6 is 0 Å². The summed E-state index contributed by atoms with van der Waals surface area (Å²) in [6.07, 6.45) is 7.28. The first-order chi connectivity index (χ1) is 5.35. The van der Waals surface area contributed by atoms with Gasteiger partial charge in [-0.05, 0) is 19.9 Å². The quantitative estimate of drug-likeness (QED) is 0.667. The Hall–Kier alpha value is -0.830. The van der Waals surface area contributed by atoms with Crippen molar-refractivity contribution in [3.05, 3.63) is 18.2 Å². The Labute approximate surface area is 66.2 Å². The molecule has 60 valence electrons. The maximum absolute atomic E-state index is 4.19. The topological polar surface area (TPSA) is 40.7 Å². The van der Waals surface area contributed by atoms with Crippen LogP contribution in [0.1, 0.15) is 18.7 Å². The Morgan fingerprint density at radius 3 is 3.00 bits per heavy atom. The molecule has 11 heavy (non-hydrogen) atoms. The van der Waals surface area contributed by atoms with Gasteiger partial charge in [0.15, 0.2) is 0 Å². The van der Waals surface area contributed by atoms with Crippen molar-refractivity contribution in [2.24, 2.45) is 0 Å². The number of imidazole rings is 1. The average molecular weight is 151 g/mol. The molecule has 1 aromatic heterocycles. The van der Waals surface area contributed by atoms with Crippen molar-refractivity contribution >= 4 is 0 Å². The molecule has 0 spiro atoms. The SMILES string of the molecule is CNC1(Cc2ncc[nH]2)CC1. The summed E-state index contributed by atoms with van der Waals surface area (Å²) in [5.74, 6) is 1.09. The number of hydrogen-bond acceptors (Lipinski definition) is 2. The Balaban J connectivity index is 2.01. The number of rotatable bonds is 3. The van der Waals surface area contributed by atoms with Crippen LogP contribution in [0, 0.1) is 0 Å². The van der Waals surface area contributed by atoms with E-state index in [9.17, 15) is 0 Å². The van der Waals surface area contributed by atoms with Gasteiger partial charge in [0, 0.05) is 24.4 Å². The summed E-state index contributed by atoms with van der Waals surface area (Å²) < 4.78 is 0. The van der Waals surface area contributed by atoms with E-state index in [4.69, 9.17) is 0 Å². The second-order valence-corrected chi connectivity index (χ2v) is 3.24. The molecule has 0 atom stereocenters. The van der Waals surface area contributed by atoms with E-state index < -0.39 is 0 Å². The van der Waals surface area contributed by atoms with Gasteiger partial charge < -0.3 is 10.3 Å². The normalized spacial score (nSPS) is 20.1. The molecule has 1 fully saturated rings. The van der Waals surface area contributed by atoms with E-state index in [1.807, 2.05) is 13.2 Å². The van der Waals surface area contributed by atoms with Gasteiger partial charge in [-0.1, -0.05) is 0 Å². The van der Waals surface area contributed by atoms with Gasteiger partial charge in [-0.3, -0.25) is 0 Å². The van der Waals surface area contributed by atoms with E-state index >= 15 is 0 Å². The lowest BCUT2D eigenvalue weighted by atomic mass is 10.2. The summed E-state index contributed by atoms with van der Waals surface area (Å²) in [5, 5.41) is 3.33. The van der Waals surface area contributed by atoms with Crippen molar-refractivity contribution < 1.29 is 0 Å². The maximum atomic E-state index is 4.19. The Morgan fingerprint density at radius 2 is 2.55 bits per heavy atom. The summed E-state index contributed by atoms with van der Waals surface area (Å²) in [4.78, 5) is 7.31. The minimum absolute atomic E-state index is 0.373. The highest BCUT2D eigenvalue weighted by atomic mass is 15.0. The minimum Gasteiger partial charge on any atom is -0.349 e. The number of H-pyrrole nitrogens is 1. The van der Waals surface area contributed by atoms with Crippen molar-refractivity contribution in [2.45, 2.75) is 24.8 Å². The number of aromatic amines is 1. The fourth-order valence-corrected chi connectivity index (χ4v) is 1.38. The third-order valence-corrected chi connectivity index (χ3v) is 2.44. The van der Waals surface area contributed by atoms with E-state index in [1.54, 1.807) is 6.20 Å². The van der Waals surface area contributed by atoms with Crippen LogP contribution in [0.5, 0.6) is 0 Å². The Kier molecular flexibility index (Phi) is 1.46. The maximum Gasteiger partial charge on any atom is 0.107 e. The van der Waals surface area contributed by atoms with Crippen LogP contribution in [-0.4, -0.2) is 22.6 Å². The number of likely N-dealkylation sites (N-methyl/N-ethyl adjacent to an activating group) is 1. The van der Waals surface area contributed by atoms with Crippen LogP contribution in [0.2, 0.25) is 0 Å². The van der Waals surface area contributed by atoms with Crippen molar-refractivity contribution in [3.63, 3.8) is 0 Å². The van der Waals surface area contributed by atoms with Gasteiger partial charge >= 0.3 is 0 Å². The van der Waals surface area contributed by atoms with E-state index in [1.165, 1.54) is 12.8 Å². The van der Waals surface area contributed by atoms with Crippen LogP contribution in [0.25, 0.3) is 0 Å². The Bertz CT molecular complexity index is 223. The van der Waals surface area contributed by atoms with Crippen LogP contribution in [0.15, 0.2) is 12.4 Å². The molecule has 3 nitrogen and oxygen atoms in total. The zero-order valence-electron chi connectivity index (χ0n) is 6.72.